The van der Waals surface area contributed by atoms with Gasteiger partial charge < -0.3 is 10.2 Å². The van der Waals surface area contributed by atoms with Gasteiger partial charge in [0.1, 0.15) is 0 Å². The quantitative estimate of drug-likeness (QED) is 0.567. The van der Waals surface area contributed by atoms with Gasteiger partial charge in [0.25, 0.3) is 0 Å². The molecular formula is C9H11BrO4. The molecule has 0 aromatic rings. The van der Waals surface area contributed by atoms with Crippen molar-refractivity contribution < 1.29 is 19.8 Å². The molecule has 4 nitrogen and oxygen atoms in total. The van der Waals surface area contributed by atoms with Crippen LogP contribution in [0, 0.1) is 5.41 Å². The molecule has 2 N–H and O–H groups in total. The summed E-state index contributed by atoms with van der Waals surface area (Å²) < 4.78 is 0.337. The van der Waals surface area contributed by atoms with Crippen molar-refractivity contribution in [1.29, 1.82) is 0 Å². The van der Waals surface area contributed by atoms with E-state index >= 15 is 0 Å². The molecule has 0 amide bonds. The van der Waals surface area contributed by atoms with Crippen molar-refractivity contribution in [2.45, 2.75) is 12.8 Å². The molecule has 0 bridgehead atoms. The molecule has 0 atom stereocenters. The van der Waals surface area contributed by atoms with Gasteiger partial charge in [-0.3, -0.25) is 9.59 Å². The Morgan fingerprint density at radius 2 is 1.79 bits per heavy atom. The fourth-order valence-corrected chi connectivity index (χ4v) is 1.54. The monoisotopic (exact) mass is 262 g/mol. The first kappa shape index (κ1) is 12.9. The highest BCUT2D eigenvalue weighted by atomic mass is 79.9. The summed E-state index contributed by atoms with van der Waals surface area (Å²) in [4.78, 5) is 21.8. The van der Waals surface area contributed by atoms with Gasteiger partial charge >= 0.3 is 11.9 Å². The lowest BCUT2D eigenvalue weighted by Gasteiger charge is -2.22. The molecule has 0 aliphatic heterocycles. The van der Waals surface area contributed by atoms with Crippen molar-refractivity contribution in [3.63, 3.8) is 0 Å². The molecule has 0 saturated heterocycles. The summed E-state index contributed by atoms with van der Waals surface area (Å²) in [6.45, 7) is 6.79. The first-order chi connectivity index (χ1) is 6.36. The zero-order valence-corrected chi connectivity index (χ0v) is 9.08. The van der Waals surface area contributed by atoms with Gasteiger partial charge in [-0.15, -0.1) is 6.58 Å². The van der Waals surface area contributed by atoms with Gasteiger partial charge in [0.15, 0.2) is 5.41 Å². The van der Waals surface area contributed by atoms with Crippen molar-refractivity contribution >= 4 is 27.9 Å². The Kier molecular flexibility index (Phi) is 4.56. The van der Waals surface area contributed by atoms with E-state index in [0.29, 0.717) is 4.48 Å². The highest BCUT2D eigenvalue weighted by molar-refractivity contribution is 9.11. The standard InChI is InChI=1S/C9H11BrO4/c1-3-4-9(7(11)12,8(13)14)5-6(2)10/h3H,1-2,4-5H2,(H,11,12)(H,13,14). The van der Waals surface area contributed by atoms with Gasteiger partial charge in [0.2, 0.25) is 0 Å². The first-order valence-electron chi connectivity index (χ1n) is 3.78. The van der Waals surface area contributed by atoms with Gasteiger partial charge in [0.05, 0.1) is 0 Å². The van der Waals surface area contributed by atoms with Gasteiger partial charge in [-0.05, 0) is 10.9 Å². The van der Waals surface area contributed by atoms with Crippen LogP contribution < -0.4 is 0 Å². The maximum atomic E-state index is 10.9. The SMILES string of the molecule is C=CCC(CC(=C)Br)(C(=O)O)C(=O)O. The van der Waals surface area contributed by atoms with E-state index in [1.54, 1.807) is 0 Å². The van der Waals surface area contributed by atoms with Gasteiger partial charge in [-0.2, -0.15) is 0 Å². The molecule has 0 rings (SSSR count). The van der Waals surface area contributed by atoms with Crippen LogP contribution in [0.4, 0.5) is 0 Å². The molecule has 0 unspecified atom stereocenters. The predicted molar refractivity (Wildman–Crippen MR) is 55.2 cm³/mol. The minimum Gasteiger partial charge on any atom is -0.480 e. The number of hydrogen-bond donors (Lipinski definition) is 2. The number of allylic oxidation sites excluding steroid dienone is 2. The third-order valence-corrected chi connectivity index (χ3v) is 2.09. The van der Waals surface area contributed by atoms with Crippen molar-refractivity contribution in [3.8, 4) is 0 Å². The Labute approximate surface area is 90.1 Å². The number of carboxylic acid groups (broad SMARTS) is 2. The van der Waals surface area contributed by atoms with Crippen LogP contribution in [0.25, 0.3) is 0 Å². The molecule has 0 spiro atoms. The topological polar surface area (TPSA) is 74.6 Å². The third-order valence-electron chi connectivity index (χ3n) is 1.81. The summed E-state index contributed by atoms with van der Waals surface area (Å²) in [5.74, 6) is -2.77. The van der Waals surface area contributed by atoms with Crippen LogP contribution in [0.3, 0.4) is 0 Å². The third kappa shape index (κ3) is 2.70. The average molecular weight is 263 g/mol. The highest BCUT2D eigenvalue weighted by Crippen LogP contribution is 2.33. The van der Waals surface area contributed by atoms with E-state index in [9.17, 15) is 9.59 Å². The molecule has 0 saturated carbocycles. The smallest absolute Gasteiger partial charge is 0.321 e. The Bertz CT molecular complexity index is 269. The van der Waals surface area contributed by atoms with E-state index in [0.717, 1.165) is 0 Å². The highest BCUT2D eigenvalue weighted by Gasteiger charge is 2.45. The number of carboxylic acids is 2. The number of hydrogen-bond acceptors (Lipinski definition) is 2. The Morgan fingerprint density at radius 3 is 2.00 bits per heavy atom. The second-order valence-corrected chi connectivity index (χ2v) is 4.00. The van der Waals surface area contributed by atoms with Crippen LogP contribution in [-0.4, -0.2) is 22.2 Å². The first-order valence-corrected chi connectivity index (χ1v) is 4.57. The fourth-order valence-electron chi connectivity index (χ4n) is 1.06. The summed E-state index contributed by atoms with van der Waals surface area (Å²) in [6, 6.07) is 0. The number of halogens is 1. The fraction of sp³-hybridized carbons (Fsp3) is 0.333. The summed E-state index contributed by atoms with van der Waals surface area (Å²) in [7, 11) is 0. The molecule has 0 heterocycles. The molecule has 0 aromatic carbocycles. The van der Waals surface area contributed by atoms with Crippen molar-refractivity contribution in [2.75, 3.05) is 0 Å². The molecule has 0 radical (unpaired) electrons. The van der Waals surface area contributed by atoms with Gasteiger partial charge in [-0.1, -0.05) is 28.6 Å². The number of carbonyl (C=O) groups is 2. The van der Waals surface area contributed by atoms with Crippen LogP contribution >= 0.6 is 15.9 Å². The zero-order valence-electron chi connectivity index (χ0n) is 7.49. The zero-order chi connectivity index (χ0) is 11.4. The lowest BCUT2D eigenvalue weighted by atomic mass is 9.81. The minimum absolute atomic E-state index is 0.137. The Balaban J connectivity index is 5.13. The van der Waals surface area contributed by atoms with E-state index < -0.39 is 17.4 Å². The minimum atomic E-state index is -1.86. The molecule has 78 valence electrons. The van der Waals surface area contributed by atoms with Crippen LogP contribution in [0.15, 0.2) is 23.7 Å². The Morgan fingerprint density at radius 1 is 1.36 bits per heavy atom. The van der Waals surface area contributed by atoms with E-state index in [1.165, 1.54) is 6.08 Å². The number of rotatable bonds is 6. The summed E-state index contributed by atoms with van der Waals surface area (Å²) in [5.41, 5.74) is -1.86. The molecule has 0 aliphatic carbocycles. The summed E-state index contributed by atoms with van der Waals surface area (Å²) in [6.07, 6.45) is 0.976. The normalized spacial score (nSPS) is 10.6. The number of aliphatic carboxylic acids is 2. The van der Waals surface area contributed by atoms with Crippen LogP contribution in [0.1, 0.15) is 12.8 Å². The van der Waals surface area contributed by atoms with E-state index in [1.807, 2.05) is 0 Å². The summed E-state index contributed by atoms with van der Waals surface area (Å²) >= 11 is 2.96. The van der Waals surface area contributed by atoms with E-state index in [-0.39, 0.29) is 12.8 Å². The molecule has 5 heteroatoms. The molecule has 0 fully saturated rings. The van der Waals surface area contributed by atoms with Crippen LogP contribution in [0.2, 0.25) is 0 Å². The maximum Gasteiger partial charge on any atom is 0.321 e. The second kappa shape index (κ2) is 4.95. The van der Waals surface area contributed by atoms with Crippen LogP contribution in [0.5, 0.6) is 0 Å². The van der Waals surface area contributed by atoms with E-state index in [2.05, 4.69) is 29.1 Å². The lowest BCUT2D eigenvalue weighted by Crippen LogP contribution is -2.39. The second-order valence-electron chi connectivity index (χ2n) is 2.88. The average Bonchev–Trinajstić information content (AvgIpc) is 2.01. The van der Waals surface area contributed by atoms with E-state index in [4.69, 9.17) is 10.2 Å². The molecular weight excluding hydrogens is 252 g/mol. The maximum absolute atomic E-state index is 10.9. The van der Waals surface area contributed by atoms with Crippen LogP contribution in [-0.2, 0) is 9.59 Å². The predicted octanol–water partition coefficient (Wildman–Crippen LogP) is 2.02. The van der Waals surface area contributed by atoms with Crippen molar-refractivity contribution in [1.82, 2.24) is 0 Å². The molecule has 14 heavy (non-hydrogen) atoms. The summed E-state index contributed by atoms with van der Waals surface area (Å²) in [5, 5.41) is 17.8. The largest absolute Gasteiger partial charge is 0.480 e. The van der Waals surface area contributed by atoms with Gasteiger partial charge in [0, 0.05) is 6.42 Å². The van der Waals surface area contributed by atoms with Crippen molar-refractivity contribution in [2.24, 2.45) is 5.41 Å². The molecule has 0 aliphatic rings. The lowest BCUT2D eigenvalue weighted by molar-refractivity contribution is -0.164. The Hall–Kier alpha value is -1.10. The van der Waals surface area contributed by atoms with Gasteiger partial charge in [-0.25, -0.2) is 0 Å². The van der Waals surface area contributed by atoms with Crippen molar-refractivity contribution in [3.05, 3.63) is 23.7 Å². The molecule has 0 aromatic heterocycles.